The van der Waals surface area contributed by atoms with Crippen molar-refractivity contribution in [2.24, 2.45) is 5.41 Å². The fraction of sp³-hybridized carbons (Fsp3) is 0.458. The Labute approximate surface area is 209 Å². The lowest BCUT2D eigenvalue weighted by atomic mass is 9.73. The fourth-order valence-corrected chi connectivity index (χ4v) is 5.55. The lowest BCUT2D eigenvalue weighted by molar-refractivity contribution is -0.130. The fourth-order valence-electron chi connectivity index (χ4n) is 5.35. The van der Waals surface area contributed by atoms with Crippen LogP contribution in [0.25, 0.3) is 5.69 Å². The molecular weight excluding hydrogens is 466 g/mol. The van der Waals surface area contributed by atoms with Gasteiger partial charge >= 0.3 is 0 Å². The smallest absolute Gasteiger partial charge is 0.236 e. The number of fused-ring (bicyclic) bond motifs is 3. The van der Waals surface area contributed by atoms with Gasteiger partial charge in [-0.15, -0.1) is 10.2 Å². The molecule has 0 atom stereocenters. The maximum Gasteiger partial charge on any atom is 0.236 e. The van der Waals surface area contributed by atoms with Gasteiger partial charge in [0.1, 0.15) is 11.6 Å². The van der Waals surface area contributed by atoms with Gasteiger partial charge in [-0.1, -0.05) is 11.6 Å². The van der Waals surface area contributed by atoms with Gasteiger partial charge in [0.05, 0.1) is 18.8 Å². The summed E-state index contributed by atoms with van der Waals surface area (Å²) in [6, 6.07) is 7.89. The second kappa shape index (κ2) is 8.17. The maximum atomic E-state index is 12.4. The molecule has 6 rings (SSSR count). The number of halogens is 1. The molecule has 0 radical (unpaired) electrons. The maximum absolute atomic E-state index is 12.4. The summed E-state index contributed by atoms with van der Waals surface area (Å²) >= 11 is 6.36. The van der Waals surface area contributed by atoms with E-state index in [4.69, 9.17) is 11.6 Å². The molecule has 3 aromatic rings. The Morgan fingerprint density at radius 2 is 1.86 bits per heavy atom. The van der Waals surface area contributed by atoms with Crippen molar-refractivity contribution in [2.75, 3.05) is 56.6 Å². The zero-order valence-electron chi connectivity index (χ0n) is 20.1. The van der Waals surface area contributed by atoms with E-state index in [9.17, 15) is 4.79 Å². The Hall–Kier alpha value is -3.24. The van der Waals surface area contributed by atoms with E-state index in [-0.39, 0.29) is 11.3 Å². The van der Waals surface area contributed by atoms with Gasteiger partial charge in [-0.3, -0.25) is 14.3 Å². The second-order valence-electron chi connectivity index (χ2n) is 10.1. The summed E-state index contributed by atoms with van der Waals surface area (Å²) in [6.07, 6.45) is 1.82. The molecule has 10 nitrogen and oxygen atoms in total. The topological polar surface area (TPSA) is 86.5 Å². The molecule has 0 bridgehead atoms. The number of benzene rings is 1. The third kappa shape index (κ3) is 3.90. The van der Waals surface area contributed by atoms with Crippen LogP contribution in [0.5, 0.6) is 0 Å². The first kappa shape index (κ1) is 22.2. The number of hydrogen-bond acceptors (Lipinski definition) is 8. The van der Waals surface area contributed by atoms with E-state index in [1.165, 1.54) is 0 Å². The summed E-state index contributed by atoms with van der Waals surface area (Å²) in [7, 11) is 3.55. The van der Waals surface area contributed by atoms with Gasteiger partial charge in [0.2, 0.25) is 11.9 Å². The highest BCUT2D eigenvalue weighted by Gasteiger charge is 2.53. The standard InChI is InChI=1S/C24H28ClN9O/c1-16-26-7-6-20(27-16)32-12-24(13-32)14-33(15-24)23-29-28-21-10-31(11-22(35)30(2)3)9-17-8-18(25)4-5-19(17)34(21)23/h4-8H,9-15H2,1-3H3. The molecular formula is C24H28ClN9O. The van der Waals surface area contributed by atoms with Crippen LogP contribution in [0.1, 0.15) is 17.2 Å². The van der Waals surface area contributed by atoms with Crippen LogP contribution in [0.15, 0.2) is 30.5 Å². The number of carbonyl (C=O) groups is 1. The third-order valence-corrected chi connectivity index (χ3v) is 7.32. The van der Waals surface area contributed by atoms with E-state index >= 15 is 0 Å². The van der Waals surface area contributed by atoms with Crippen molar-refractivity contribution in [1.82, 2.24) is 34.5 Å². The molecule has 0 aliphatic carbocycles. The molecule has 2 fully saturated rings. The second-order valence-corrected chi connectivity index (χ2v) is 10.6. The van der Waals surface area contributed by atoms with Crippen LogP contribution >= 0.6 is 11.6 Å². The molecule has 11 heteroatoms. The number of anilines is 2. The molecule has 5 heterocycles. The number of rotatable bonds is 4. The number of aryl methyl sites for hydroxylation is 1. The summed E-state index contributed by atoms with van der Waals surface area (Å²) < 4.78 is 2.14. The molecule has 3 aliphatic heterocycles. The zero-order chi connectivity index (χ0) is 24.3. The minimum absolute atomic E-state index is 0.0554. The van der Waals surface area contributed by atoms with Crippen LogP contribution in [0.4, 0.5) is 11.8 Å². The number of aromatic nitrogens is 5. The van der Waals surface area contributed by atoms with Crippen molar-refractivity contribution in [1.29, 1.82) is 0 Å². The van der Waals surface area contributed by atoms with Crippen molar-refractivity contribution in [3.63, 3.8) is 0 Å². The normalized spacial score (nSPS) is 18.4. The van der Waals surface area contributed by atoms with Crippen LogP contribution in [0.3, 0.4) is 0 Å². The van der Waals surface area contributed by atoms with Crippen LogP contribution in [-0.4, -0.2) is 87.3 Å². The van der Waals surface area contributed by atoms with Crippen LogP contribution in [0, 0.1) is 12.3 Å². The average molecular weight is 494 g/mol. The molecule has 1 amide bonds. The molecule has 0 unspecified atom stereocenters. The van der Waals surface area contributed by atoms with Gasteiger partial charge in [-0.2, -0.15) is 0 Å². The number of hydrogen-bond donors (Lipinski definition) is 0. The van der Waals surface area contributed by atoms with E-state index < -0.39 is 0 Å². The molecule has 0 N–H and O–H groups in total. The number of nitrogens with zero attached hydrogens (tertiary/aromatic N) is 9. The minimum atomic E-state index is 0.0554. The highest BCUT2D eigenvalue weighted by atomic mass is 35.5. The van der Waals surface area contributed by atoms with Crippen LogP contribution < -0.4 is 9.80 Å². The molecule has 2 aromatic heterocycles. The van der Waals surface area contributed by atoms with Crippen molar-refractivity contribution >= 4 is 29.3 Å². The van der Waals surface area contributed by atoms with Crippen LogP contribution in [-0.2, 0) is 17.9 Å². The number of likely N-dealkylation sites (N-methyl/N-ethyl adjacent to an activating group) is 1. The van der Waals surface area contributed by atoms with Gasteiger partial charge in [0.15, 0.2) is 5.82 Å². The Morgan fingerprint density at radius 3 is 2.60 bits per heavy atom. The molecule has 35 heavy (non-hydrogen) atoms. The molecule has 3 aliphatic rings. The molecule has 0 saturated carbocycles. The van der Waals surface area contributed by atoms with E-state index in [0.29, 0.717) is 24.7 Å². The first-order valence-corrected chi connectivity index (χ1v) is 12.1. The predicted molar refractivity (Wildman–Crippen MR) is 133 cm³/mol. The lowest BCUT2D eigenvalue weighted by Gasteiger charge is -2.60. The zero-order valence-corrected chi connectivity index (χ0v) is 20.9. The molecule has 2 saturated heterocycles. The largest absolute Gasteiger partial charge is 0.355 e. The summed E-state index contributed by atoms with van der Waals surface area (Å²) in [5.41, 5.74) is 2.34. The Bertz CT molecular complexity index is 1290. The first-order valence-electron chi connectivity index (χ1n) is 11.8. The lowest BCUT2D eigenvalue weighted by Crippen LogP contribution is -2.73. The minimum Gasteiger partial charge on any atom is -0.355 e. The molecule has 1 aromatic carbocycles. The summed E-state index contributed by atoms with van der Waals surface area (Å²) in [5, 5.41) is 9.82. The summed E-state index contributed by atoms with van der Waals surface area (Å²) in [6.45, 7) is 7.21. The number of amides is 1. The first-order chi connectivity index (χ1) is 16.8. The number of carbonyl (C=O) groups excluding carboxylic acids is 1. The molecule has 182 valence electrons. The summed E-state index contributed by atoms with van der Waals surface area (Å²) in [4.78, 5) is 29.5. The average Bonchev–Trinajstić information content (AvgIpc) is 3.08. The monoisotopic (exact) mass is 493 g/mol. The van der Waals surface area contributed by atoms with E-state index in [0.717, 1.165) is 60.8 Å². The molecule has 1 spiro atoms. The van der Waals surface area contributed by atoms with Crippen LogP contribution in [0.2, 0.25) is 5.02 Å². The van der Waals surface area contributed by atoms with Gasteiger partial charge in [0, 0.05) is 63.5 Å². The van der Waals surface area contributed by atoms with Gasteiger partial charge in [-0.25, -0.2) is 9.97 Å². The predicted octanol–water partition coefficient (Wildman–Crippen LogP) is 1.75. The third-order valence-electron chi connectivity index (χ3n) is 7.09. The van der Waals surface area contributed by atoms with Gasteiger partial charge in [-0.05, 0) is 36.8 Å². The van der Waals surface area contributed by atoms with E-state index in [2.05, 4.69) is 39.4 Å². The van der Waals surface area contributed by atoms with Crippen molar-refractivity contribution < 1.29 is 4.79 Å². The van der Waals surface area contributed by atoms with Crippen molar-refractivity contribution in [3.8, 4) is 5.69 Å². The highest BCUT2D eigenvalue weighted by molar-refractivity contribution is 6.30. The Balaban J connectivity index is 1.23. The summed E-state index contributed by atoms with van der Waals surface area (Å²) in [5.74, 6) is 3.53. The quantitative estimate of drug-likeness (QED) is 0.543. The SMILES string of the molecule is Cc1nccc(N2CC3(C2)CN(c2nnc4n2-c2ccc(Cl)cc2CN(CC(=O)N(C)C)C4)C3)n1. The van der Waals surface area contributed by atoms with E-state index in [1.54, 1.807) is 19.0 Å². The van der Waals surface area contributed by atoms with Gasteiger partial charge in [0.25, 0.3) is 0 Å². The Kier molecular flexibility index (Phi) is 5.19. The van der Waals surface area contributed by atoms with Crippen molar-refractivity contribution in [3.05, 3.63) is 52.7 Å². The Morgan fingerprint density at radius 1 is 1.09 bits per heavy atom. The highest BCUT2D eigenvalue weighted by Crippen LogP contribution is 2.44. The van der Waals surface area contributed by atoms with Crippen molar-refractivity contribution in [2.45, 2.75) is 20.0 Å². The van der Waals surface area contributed by atoms with Gasteiger partial charge < -0.3 is 14.7 Å². The van der Waals surface area contributed by atoms with E-state index in [1.807, 2.05) is 37.4 Å².